The number of aromatic nitrogens is 3. The Hall–Kier alpha value is -3.94. The number of carbonyl (C=O) groups is 1. The first-order valence-corrected chi connectivity index (χ1v) is 10.6. The minimum Gasteiger partial charge on any atom is -0.489 e. The number of hydrogen-bond acceptors (Lipinski definition) is 5. The first-order valence-electron chi connectivity index (χ1n) is 10.6. The molecular formula is C25H25FN4O3. The minimum atomic E-state index is -0.278. The Morgan fingerprint density at radius 3 is 2.36 bits per heavy atom. The fraction of sp³-hybridized carbons (Fsp3) is 0.240. The lowest BCUT2D eigenvalue weighted by Crippen LogP contribution is -2.13. The molecule has 2 aromatic heterocycles. The third-order valence-corrected chi connectivity index (χ3v) is 5.55. The molecule has 0 bridgehead atoms. The molecule has 4 aromatic rings. The van der Waals surface area contributed by atoms with Gasteiger partial charge in [0.1, 0.15) is 23.9 Å². The van der Waals surface area contributed by atoms with E-state index >= 15 is 0 Å². The molecule has 0 aliphatic rings. The van der Waals surface area contributed by atoms with Gasteiger partial charge in [0.05, 0.1) is 34.9 Å². The number of halogens is 1. The Morgan fingerprint density at radius 1 is 1.03 bits per heavy atom. The Labute approximate surface area is 191 Å². The Kier molecular flexibility index (Phi) is 6.26. The normalized spacial score (nSPS) is 10.9. The maximum atomic E-state index is 13.2. The summed E-state index contributed by atoms with van der Waals surface area (Å²) < 4.78 is 25.9. The van der Waals surface area contributed by atoms with Crippen molar-refractivity contribution < 1.29 is 18.4 Å². The second kappa shape index (κ2) is 9.28. The molecule has 1 amide bonds. The lowest BCUT2D eigenvalue weighted by Gasteiger charge is -2.09. The lowest BCUT2D eigenvalue weighted by molar-refractivity contribution is 0.102. The van der Waals surface area contributed by atoms with Crippen LogP contribution in [-0.2, 0) is 13.2 Å². The molecule has 4 rings (SSSR count). The van der Waals surface area contributed by atoms with E-state index in [1.807, 2.05) is 27.7 Å². The number of nitrogens with zero attached hydrogens (tertiary/aromatic N) is 3. The highest BCUT2D eigenvalue weighted by Gasteiger charge is 2.16. The minimum absolute atomic E-state index is 0.236. The third-order valence-electron chi connectivity index (χ3n) is 5.55. The van der Waals surface area contributed by atoms with Crippen molar-refractivity contribution in [3.05, 3.63) is 93.9 Å². The van der Waals surface area contributed by atoms with Crippen LogP contribution in [0.3, 0.4) is 0 Å². The summed E-state index contributed by atoms with van der Waals surface area (Å²) in [5.41, 5.74) is 5.35. The summed E-state index contributed by atoms with van der Waals surface area (Å²) in [5, 5.41) is 11.4. The summed E-state index contributed by atoms with van der Waals surface area (Å²) in [6, 6.07) is 13.2. The van der Waals surface area contributed by atoms with Gasteiger partial charge in [-0.05, 0) is 69.7 Å². The van der Waals surface area contributed by atoms with E-state index in [4.69, 9.17) is 9.26 Å². The number of carbonyl (C=O) groups excluding carboxylic acids is 1. The highest BCUT2D eigenvalue weighted by molar-refractivity contribution is 6.04. The topological polar surface area (TPSA) is 82.2 Å². The van der Waals surface area contributed by atoms with E-state index in [9.17, 15) is 9.18 Å². The van der Waals surface area contributed by atoms with Gasteiger partial charge in [0, 0.05) is 5.56 Å². The predicted molar refractivity (Wildman–Crippen MR) is 122 cm³/mol. The van der Waals surface area contributed by atoms with Gasteiger partial charge in [-0.1, -0.05) is 17.3 Å². The van der Waals surface area contributed by atoms with Crippen molar-refractivity contribution in [2.24, 2.45) is 0 Å². The van der Waals surface area contributed by atoms with Crippen LogP contribution in [0.1, 0.15) is 44.3 Å². The molecule has 0 unspecified atom stereocenters. The van der Waals surface area contributed by atoms with Crippen LogP contribution in [0.5, 0.6) is 5.75 Å². The summed E-state index contributed by atoms with van der Waals surface area (Å²) in [4.78, 5) is 12.8. The smallest absolute Gasteiger partial charge is 0.255 e. The van der Waals surface area contributed by atoms with Crippen LogP contribution in [0, 0.1) is 33.5 Å². The molecule has 0 saturated carbocycles. The van der Waals surface area contributed by atoms with Crippen molar-refractivity contribution in [1.82, 2.24) is 14.9 Å². The molecule has 0 spiro atoms. The molecule has 2 heterocycles. The van der Waals surface area contributed by atoms with E-state index < -0.39 is 0 Å². The van der Waals surface area contributed by atoms with Crippen LogP contribution in [0.2, 0.25) is 0 Å². The van der Waals surface area contributed by atoms with Crippen LogP contribution in [0.4, 0.5) is 10.1 Å². The molecule has 8 heteroatoms. The van der Waals surface area contributed by atoms with E-state index in [-0.39, 0.29) is 11.7 Å². The largest absolute Gasteiger partial charge is 0.489 e. The number of amides is 1. The molecule has 1 N–H and O–H groups in total. The zero-order valence-electron chi connectivity index (χ0n) is 19.0. The molecule has 7 nitrogen and oxygen atoms in total. The van der Waals surface area contributed by atoms with Gasteiger partial charge >= 0.3 is 0 Å². The molecule has 33 heavy (non-hydrogen) atoms. The number of hydrogen-bond donors (Lipinski definition) is 1. The maximum absolute atomic E-state index is 13.2. The van der Waals surface area contributed by atoms with E-state index in [2.05, 4.69) is 15.6 Å². The highest BCUT2D eigenvalue weighted by atomic mass is 19.1. The number of nitrogens with one attached hydrogen (secondary N) is 1. The van der Waals surface area contributed by atoms with Crippen molar-refractivity contribution in [2.75, 3.05) is 5.32 Å². The summed E-state index contributed by atoms with van der Waals surface area (Å²) in [6.07, 6.45) is 0. The predicted octanol–water partition coefficient (Wildman–Crippen LogP) is 5.12. The average molecular weight is 448 g/mol. The van der Waals surface area contributed by atoms with Crippen molar-refractivity contribution in [1.29, 1.82) is 0 Å². The van der Waals surface area contributed by atoms with Crippen LogP contribution in [-0.4, -0.2) is 20.8 Å². The zero-order valence-corrected chi connectivity index (χ0v) is 19.0. The summed E-state index contributed by atoms with van der Waals surface area (Å²) in [5.74, 6) is 0.861. The monoisotopic (exact) mass is 448 g/mol. The fourth-order valence-corrected chi connectivity index (χ4v) is 3.55. The summed E-state index contributed by atoms with van der Waals surface area (Å²) in [7, 11) is 0. The first kappa shape index (κ1) is 22.3. The highest BCUT2D eigenvalue weighted by Crippen LogP contribution is 2.23. The van der Waals surface area contributed by atoms with Gasteiger partial charge < -0.3 is 14.6 Å². The SMILES string of the molecule is Cc1noc(C)c1COc1ccc(C(=O)Nc2c(C)nn(Cc3ccc(F)cc3)c2C)cc1. The second-order valence-corrected chi connectivity index (χ2v) is 7.90. The van der Waals surface area contributed by atoms with E-state index in [0.717, 1.165) is 28.3 Å². The number of aryl methyl sites for hydroxylation is 3. The van der Waals surface area contributed by atoms with Gasteiger partial charge in [-0.25, -0.2) is 4.39 Å². The van der Waals surface area contributed by atoms with Crippen molar-refractivity contribution in [3.63, 3.8) is 0 Å². The lowest BCUT2D eigenvalue weighted by atomic mass is 10.2. The van der Waals surface area contributed by atoms with Crippen LogP contribution in [0.25, 0.3) is 0 Å². The molecule has 0 atom stereocenters. The second-order valence-electron chi connectivity index (χ2n) is 7.90. The van der Waals surface area contributed by atoms with Gasteiger partial charge in [-0.2, -0.15) is 5.10 Å². The Bertz CT molecular complexity index is 1250. The molecule has 2 aromatic carbocycles. The molecule has 0 radical (unpaired) electrons. The zero-order chi connectivity index (χ0) is 23.5. The number of ether oxygens (including phenoxy) is 1. The molecule has 0 aliphatic carbocycles. The van der Waals surface area contributed by atoms with Crippen molar-refractivity contribution in [2.45, 2.75) is 40.8 Å². The van der Waals surface area contributed by atoms with Gasteiger partial charge in [-0.3, -0.25) is 9.48 Å². The number of rotatable bonds is 7. The van der Waals surface area contributed by atoms with Gasteiger partial charge in [0.25, 0.3) is 5.91 Å². The molecule has 0 aliphatic heterocycles. The van der Waals surface area contributed by atoms with E-state index in [1.54, 1.807) is 41.1 Å². The molecule has 0 saturated heterocycles. The van der Waals surface area contributed by atoms with Gasteiger partial charge in [-0.15, -0.1) is 0 Å². The Balaban J connectivity index is 1.41. The summed E-state index contributed by atoms with van der Waals surface area (Å²) in [6.45, 7) is 8.28. The molecule has 170 valence electrons. The average Bonchev–Trinajstić information content (AvgIpc) is 3.26. The Morgan fingerprint density at radius 2 is 1.73 bits per heavy atom. The van der Waals surface area contributed by atoms with Crippen LogP contribution >= 0.6 is 0 Å². The number of anilines is 1. The summed E-state index contributed by atoms with van der Waals surface area (Å²) >= 11 is 0. The first-order chi connectivity index (χ1) is 15.8. The quantitative estimate of drug-likeness (QED) is 0.424. The van der Waals surface area contributed by atoms with Gasteiger partial charge in [0.15, 0.2) is 0 Å². The van der Waals surface area contributed by atoms with Crippen LogP contribution < -0.4 is 10.1 Å². The fourth-order valence-electron chi connectivity index (χ4n) is 3.55. The third kappa shape index (κ3) is 4.95. The van der Waals surface area contributed by atoms with Crippen LogP contribution in [0.15, 0.2) is 53.1 Å². The molecule has 0 fully saturated rings. The maximum Gasteiger partial charge on any atom is 0.255 e. The standard InChI is InChI=1S/C25H25FN4O3/c1-15-23(18(4)33-29-15)14-32-22-11-7-20(8-12-22)25(31)27-24-16(2)28-30(17(24)3)13-19-5-9-21(26)10-6-19/h5-12H,13-14H2,1-4H3,(H,27,31). The molecular weight excluding hydrogens is 423 g/mol. The van der Waals surface area contributed by atoms with Gasteiger partial charge in [0.2, 0.25) is 0 Å². The van der Waals surface area contributed by atoms with Crippen molar-refractivity contribution >= 4 is 11.6 Å². The van der Waals surface area contributed by atoms with E-state index in [1.165, 1.54) is 12.1 Å². The number of benzene rings is 2. The van der Waals surface area contributed by atoms with Crippen molar-refractivity contribution in [3.8, 4) is 5.75 Å². The van der Waals surface area contributed by atoms with E-state index in [0.29, 0.717) is 35.8 Å².